The molecule has 0 aliphatic rings. The molecule has 0 spiro atoms. The van der Waals surface area contributed by atoms with E-state index in [4.69, 9.17) is 0 Å². The molecule has 0 saturated carbocycles. The molecule has 4 atom stereocenters. The van der Waals surface area contributed by atoms with Gasteiger partial charge in [0.05, 0.1) is 5.41 Å². The van der Waals surface area contributed by atoms with Crippen LogP contribution in [-0.4, -0.2) is 49.4 Å². The monoisotopic (exact) mass is 382 g/mol. The maximum atomic E-state index is 15.1. The lowest BCUT2D eigenvalue weighted by atomic mass is 9.63. The molecule has 0 N–H and O–H groups in total. The van der Waals surface area contributed by atoms with Crippen LogP contribution in [0.1, 0.15) is 34.6 Å². The van der Waals surface area contributed by atoms with Crippen LogP contribution in [-0.2, 0) is 9.47 Å². The molecule has 25 heavy (non-hydrogen) atoms. The third-order valence-electron chi connectivity index (χ3n) is 4.93. The van der Waals surface area contributed by atoms with Crippen molar-refractivity contribution >= 4 is 0 Å². The number of rotatable bonds is 10. The molecule has 0 bridgehead atoms. The number of hydrogen-bond acceptors (Lipinski definition) is 2. The predicted molar refractivity (Wildman–Crippen MR) is 80.2 cm³/mol. The Morgan fingerprint density at radius 2 is 1.40 bits per heavy atom. The van der Waals surface area contributed by atoms with E-state index in [0.29, 0.717) is 20.8 Å². The van der Waals surface area contributed by atoms with E-state index in [2.05, 4.69) is 16.1 Å². The Bertz CT molecular complexity index is 459. The molecule has 0 aliphatic carbocycles. The fourth-order valence-electron chi connectivity index (χ4n) is 2.30. The van der Waals surface area contributed by atoms with Gasteiger partial charge in [-0.05, 0) is 26.8 Å². The highest BCUT2D eigenvalue weighted by Crippen LogP contribution is 2.57. The van der Waals surface area contributed by atoms with Crippen molar-refractivity contribution in [2.45, 2.75) is 70.3 Å². The fraction of sp³-hybridized carbons (Fsp3) is 0.875. The summed E-state index contributed by atoms with van der Waals surface area (Å²) < 4.78 is 109. The minimum atomic E-state index is -4.52. The lowest BCUT2D eigenvalue weighted by Gasteiger charge is -2.50. The summed E-state index contributed by atoms with van der Waals surface area (Å²) in [7, 11) is 1.10. The minimum absolute atomic E-state index is 0.146. The first kappa shape index (κ1) is 24.2. The molecule has 0 rings (SSSR count). The van der Waals surface area contributed by atoms with Crippen LogP contribution in [0.15, 0.2) is 12.7 Å². The Hall–Kier alpha value is -0.830. The van der Waals surface area contributed by atoms with E-state index < -0.39 is 47.7 Å². The van der Waals surface area contributed by atoms with E-state index in [9.17, 15) is 26.3 Å². The van der Waals surface area contributed by atoms with Crippen LogP contribution < -0.4 is 0 Å². The molecule has 0 aromatic rings. The molecule has 0 aromatic carbocycles. The van der Waals surface area contributed by atoms with Gasteiger partial charge in [0.15, 0.2) is 18.1 Å². The number of methoxy groups -OCH3 is 1. The van der Waals surface area contributed by atoms with Crippen molar-refractivity contribution in [3.05, 3.63) is 12.7 Å². The largest absolute Gasteiger partial charge is 0.352 e. The first-order valence-corrected chi connectivity index (χ1v) is 7.48. The van der Waals surface area contributed by atoms with Crippen LogP contribution in [0.4, 0.5) is 30.7 Å². The molecular weight excluding hydrogens is 357 g/mol. The minimum Gasteiger partial charge on any atom is -0.352 e. The zero-order chi connectivity index (χ0) is 20.5. The van der Waals surface area contributed by atoms with Gasteiger partial charge >= 0.3 is 5.92 Å². The zero-order valence-corrected chi connectivity index (χ0v) is 15.1. The predicted octanol–water partition coefficient (Wildman–Crippen LogP) is 5.27. The third kappa shape index (κ3) is 3.97. The van der Waals surface area contributed by atoms with Gasteiger partial charge in [-0.25, -0.2) is 30.7 Å². The van der Waals surface area contributed by atoms with E-state index in [1.165, 1.54) is 0 Å². The lowest BCUT2D eigenvalue weighted by Crippen LogP contribution is -2.68. The van der Waals surface area contributed by atoms with Crippen LogP contribution in [0.3, 0.4) is 0 Å². The Morgan fingerprint density at radius 1 is 0.960 bits per heavy atom. The Morgan fingerprint density at radius 3 is 1.72 bits per heavy atom. The van der Waals surface area contributed by atoms with Crippen LogP contribution in [0.5, 0.6) is 0 Å². The zero-order valence-electron chi connectivity index (χ0n) is 15.1. The smallest absolute Gasteiger partial charge is 0.307 e. The van der Waals surface area contributed by atoms with Gasteiger partial charge in [0.1, 0.15) is 6.61 Å². The Kier molecular flexibility index (Phi) is 7.18. The second-order valence-corrected chi connectivity index (χ2v) is 6.73. The van der Waals surface area contributed by atoms with Gasteiger partial charge < -0.3 is 9.47 Å². The molecule has 0 amide bonds. The average Bonchev–Trinajstić information content (AvgIpc) is 2.47. The van der Waals surface area contributed by atoms with Crippen molar-refractivity contribution in [2.24, 2.45) is 5.41 Å². The van der Waals surface area contributed by atoms with Crippen molar-refractivity contribution in [3.8, 4) is 0 Å². The molecule has 3 unspecified atom stereocenters. The molecule has 0 aromatic heterocycles. The fourth-order valence-corrected chi connectivity index (χ4v) is 2.30. The molecule has 0 saturated heterocycles. The average molecular weight is 382 g/mol. The van der Waals surface area contributed by atoms with Crippen molar-refractivity contribution in [1.29, 1.82) is 0 Å². The quantitative estimate of drug-likeness (QED) is 0.291. The maximum Gasteiger partial charge on any atom is 0.307 e. The van der Waals surface area contributed by atoms with Crippen LogP contribution in [0, 0.1) is 5.41 Å². The van der Waals surface area contributed by atoms with E-state index in [0.717, 1.165) is 13.2 Å². The molecule has 150 valence electrons. The van der Waals surface area contributed by atoms with Gasteiger partial charge in [-0.15, -0.1) is 0 Å². The van der Waals surface area contributed by atoms with Gasteiger partial charge in [-0.2, -0.15) is 0 Å². The molecule has 2 nitrogen and oxygen atoms in total. The summed E-state index contributed by atoms with van der Waals surface area (Å²) in [5.41, 5.74) is -11.0. The highest BCUT2D eigenvalue weighted by atomic mass is 19.3. The first-order chi connectivity index (χ1) is 10.9. The summed E-state index contributed by atoms with van der Waals surface area (Å²) in [6.45, 7) is 3.43. The van der Waals surface area contributed by atoms with E-state index >= 15 is 4.39 Å². The molecular formula is C16H25F7O2. The molecule has 0 fully saturated rings. The van der Waals surface area contributed by atoms with E-state index in [1.807, 2.05) is 0 Å². The summed E-state index contributed by atoms with van der Waals surface area (Å²) >= 11 is 0. The maximum absolute atomic E-state index is 15.1. The van der Waals surface area contributed by atoms with Crippen molar-refractivity contribution in [1.82, 2.24) is 0 Å². The van der Waals surface area contributed by atoms with Crippen molar-refractivity contribution in [3.63, 3.8) is 0 Å². The van der Waals surface area contributed by atoms with Crippen molar-refractivity contribution < 1.29 is 40.2 Å². The summed E-state index contributed by atoms with van der Waals surface area (Å²) in [5, 5.41) is 0. The molecule has 0 aliphatic heterocycles. The topological polar surface area (TPSA) is 18.5 Å². The Labute approximate surface area is 143 Å². The number of ether oxygens (including phenoxy) is 2. The summed E-state index contributed by atoms with van der Waals surface area (Å²) in [4.78, 5) is 0. The standard InChI is InChI=1S/C16H25F7O2/c1-8-11(24-7)25-9-15(20,21)14(6,19)13(5,18)12(3,4)16(22,23)10(2)17/h8,10-11H,1,9H2,2-7H3/t10?,11?,13-,14?/m0/s1. The highest BCUT2D eigenvalue weighted by Gasteiger charge is 2.74. The highest BCUT2D eigenvalue weighted by molar-refractivity contribution is 5.14. The van der Waals surface area contributed by atoms with Crippen LogP contribution in [0.25, 0.3) is 0 Å². The van der Waals surface area contributed by atoms with Gasteiger partial charge in [-0.1, -0.05) is 20.4 Å². The second kappa shape index (κ2) is 7.42. The summed E-state index contributed by atoms with van der Waals surface area (Å²) in [6, 6.07) is 0. The van der Waals surface area contributed by atoms with Crippen LogP contribution >= 0.6 is 0 Å². The van der Waals surface area contributed by atoms with Gasteiger partial charge in [-0.3, -0.25) is 0 Å². The van der Waals surface area contributed by atoms with E-state index in [-0.39, 0.29) is 13.8 Å². The summed E-state index contributed by atoms with van der Waals surface area (Å²) in [6.07, 6.45) is -3.21. The lowest BCUT2D eigenvalue weighted by molar-refractivity contribution is -0.288. The van der Waals surface area contributed by atoms with E-state index in [1.54, 1.807) is 0 Å². The second-order valence-electron chi connectivity index (χ2n) is 6.73. The first-order valence-electron chi connectivity index (χ1n) is 7.48. The van der Waals surface area contributed by atoms with Gasteiger partial charge in [0.25, 0.3) is 5.92 Å². The number of halogens is 7. The van der Waals surface area contributed by atoms with Crippen molar-refractivity contribution in [2.75, 3.05) is 13.7 Å². The van der Waals surface area contributed by atoms with Crippen LogP contribution in [0.2, 0.25) is 0 Å². The number of hydrogen-bond donors (Lipinski definition) is 0. The third-order valence-corrected chi connectivity index (χ3v) is 4.93. The normalized spacial score (nSPS) is 21.2. The number of alkyl halides is 7. The SMILES string of the molecule is C=CC(OC)OCC(F)(F)C(C)(F)[C@@](C)(F)C(C)(C)C(F)(F)C(C)F. The van der Waals surface area contributed by atoms with Gasteiger partial charge in [0, 0.05) is 7.11 Å². The Balaban J connectivity index is 5.82. The van der Waals surface area contributed by atoms with Gasteiger partial charge in [0.2, 0.25) is 5.67 Å². The molecule has 9 heteroatoms. The molecule has 0 radical (unpaired) electrons. The molecule has 0 heterocycles. The summed E-state index contributed by atoms with van der Waals surface area (Å²) in [5.74, 6) is -8.93.